The van der Waals surface area contributed by atoms with E-state index in [1.165, 1.54) is 5.56 Å². The van der Waals surface area contributed by atoms with E-state index < -0.39 is 0 Å². The van der Waals surface area contributed by atoms with Gasteiger partial charge >= 0.3 is 0 Å². The second-order valence-corrected chi connectivity index (χ2v) is 4.89. The first-order valence-corrected chi connectivity index (χ1v) is 6.82. The first-order valence-electron chi connectivity index (χ1n) is 6.82. The van der Waals surface area contributed by atoms with Crippen LogP contribution in [0.25, 0.3) is 0 Å². The fourth-order valence-corrected chi connectivity index (χ4v) is 2.79. The summed E-state index contributed by atoms with van der Waals surface area (Å²) in [6.07, 6.45) is 3.17. The molecule has 3 nitrogen and oxygen atoms in total. The van der Waals surface area contributed by atoms with Crippen molar-refractivity contribution >= 4 is 0 Å². The van der Waals surface area contributed by atoms with E-state index in [0.717, 1.165) is 44.8 Å². The van der Waals surface area contributed by atoms with Crippen LogP contribution in [0, 0.1) is 0 Å². The third kappa shape index (κ3) is 2.85. The van der Waals surface area contributed by atoms with Crippen LogP contribution >= 0.6 is 0 Å². The van der Waals surface area contributed by atoms with Crippen LogP contribution in [-0.2, 0) is 10.2 Å². The van der Waals surface area contributed by atoms with Gasteiger partial charge in [0.15, 0.2) is 0 Å². The van der Waals surface area contributed by atoms with Crippen LogP contribution in [0.1, 0.15) is 31.7 Å². The summed E-state index contributed by atoms with van der Waals surface area (Å²) in [4.78, 5) is 0. The Hall–Kier alpha value is -1.06. The molecule has 1 saturated heterocycles. The summed E-state index contributed by atoms with van der Waals surface area (Å²) in [5, 5.41) is 0. The highest BCUT2D eigenvalue weighted by molar-refractivity contribution is 5.33. The van der Waals surface area contributed by atoms with Gasteiger partial charge in [0, 0.05) is 18.6 Å². The molecule has 0 radical (unpaired) electrons. The van der Waals surface area contributed by atoms with E-state index in [2.05, 4.69) is 24.3 Å². The second-order valence-electron chi connectivity index (χ2n) is 4.89. The molecule has 0 unspecified atom stereocenters. The Balaban J connectivity index is 2.19. The van der Waals surface area contributed by atoms with E-state index in [4.69, 9.17) is 15.2 Å². The minimum Gasteiger partial charge on any atom is -0.494 e. The molecule has 1 aliphatic heterocycles. The molecule has 0 bridgehead atoms. The van der Waals surface area contributed by atoms with Gasteiger partial charge in [0.05, 0.1) is 6.61 Å². The average molecular weight is 249 g/mol. The molecule has 0 aromatic heterocycles. The summed E-state index contributed by atoms with van der Waals surface area (Å²) in [6.45, 7) is 5.12. The molecule has 0 spiro atoms. The van der Waals surface area contributed by atoms with Crippen molar-refractivity contribution < 1.29 is 9.47 Å². The van der Waals surface area contributed by atoms with Gasteiger partial charge in [-0.2, -0.15) is 0 Å². The molecule has 1 heterocycles. The number of hydrogen-bond acceptors (Lipinski definition) is 3. The number of benzene rings is 1. The second kappa shape index (κ2) is 6.21. The smallest absolute Gasteiger partial charge is 0.119 e. The predicted octanol–water partition coefficient (Wildman–Crippen LogP) is 2.48. The largest absolute Gasteiger partial charge is 0.494 e. The quantitative estimate of drug-likeness (QED) is 0.872. The van der Waals surface area contributed by atoms with Crippen molar-refractivity contribution in [2.24, 2.45) is 5.73 Å². The van der Waals surface area contributed by atoms with E-state index in [-0.39, 0.29) is 5.41 Å². The van der Waals surface area contributed by atoms with Gasteiger partial charge in [0.1, 0.15) is 5.75 Å². The first kappa shape index (κ1) is 13.4. The van der Waals surface area contributed by atoms with Gasteiger partial charge in [-0.05, 0) is 50.4 Å². The van der Waals surface area contributed by atoms with Crippen LogP contribution < -0.4 is 10.5 Å². The maximum Gasteiger partial charge on any atom is 0.119 e. The molecule has 2 N–H and O–H groups in total. The van der Waals surface area contributed by atoms with E-state index >= 15 is 0 Å². The third-order valence-electron chi connectivity index (χ3n) is 3.85. The molecular formula is C15H23NO2. The van der Waals surface area contributed by atoms with Crippen molar-refractivity contribution in [2.75, 3.05) is 26.4 Å². The van der Waals surface area contributed by atoms with Crippen LogP contribution in [0.5, 0.6) is 5.75 Å². The summed E-state index contributed by atoms with van der Waals surface area (Å²) in [6, 6.07) is 8.50. The molecule has 18 heavy (non-hydrogen) atoms. The van der Waals surface area contributed by atoms with E-state index in [0.29, 0.717) is 6.61 Å². The van der Waals surface area contributed by atoms with Crippen LogP contribution in [0.15, 0.2) is 24.3 Å². The highest BCUT2D eigenvalue weighted by Gasteiger charge is 2.33. The van der Waals surface area contributed by atoms with E-state index in [9.17, 15) is 0 Å². The van der Waals surface area contributed by atoms with Gasteiger partial charge < -0.3 is 15.2 Å². The first-order chi connectivity index (χ1) is 8.80. The molecule has 1 aromatic rings. The lowest BCUT2D eigenvalue weighted by molar-refractivity contribution is 0.0476. The van der Waals surface area contributed by atoms with E-state index in [1.54, 1.807) is 0 Å². The van der Waals surface area contributed by atoms with Gasteiger partial charge in [-0.1, -0.05) is 12.1 Å². The maximum absolute atomic E-state index is 5.79. The zero-order chi connectivity index (χ0) is 12.8. The maximum atomic E-state index is 5.79. The molecule has 0 atom stereocenters. The van der Waals surface area contributed by atoms with Crippen LogP contribution in [0.4, 0.5) is 0 Å². The van der Waals surface area contributed by atoms with Crippen molar-refractivity contribution in [3.63, 3.8) is 0 Å². The lowest BCUT2D eigenvalue weighted by Gasteiger charge is -2.37. The normalized spacial score (nSPS) is 18.6. The van der Waals surface area contributed by atoms with Crippen molar-refractivity contribution in [1.29, 1.82) is 0 Å². The monoisotopic (exact) mass is 249 g/mol. The highest BCUT2D eigenvalue weighted by atomic mass is 16.5. The molecule has 1 fully saturated rings. The molecule has 2 rings (SSSR count). The van der Waals surface area contributed by atoms with Crippen molar-refractivity contribution in [3.8, 4) is 5.75 Å². The lowest BCUT2D eigenvalue weighted by atomic mass is 9.72. The fourth-order valence-electron chi connectivity index (χ4n) is 2.79. The Kier molecular flexibility index (Phi) is 4.61. The predicted molar refractivity (Wildman–Crippen MR) is 73.0 cm³/mol. The lowest BCUT2D eigenvalue weighted by Crippen LogP contribution is -2.35. The minimum atomic E-state index is 0.206. The average Bonchev–Trinajstić information content (AvgIpc) is 2.41. The van der Waals surface area contributed by atoms with Gasteiger partial charge in [0.2, 0.25) is 0 Å². The van der Waals surface area contributed by atoms with Gasteiger partial charge in [-0.3, -0.25) is 0 Å². The molecule has 0 amide bonds. The molecule has 1 aromatic carbocycles. The molecule has 0 saturated carbocycles. The summed E-state index contributed by atoms with van der Waals surface area (Å²) < 4.78 is 11.0. The number of hydrogen-bond donors (Lipinski definition) is 1. The number of ether oxygens (including phenoxy) is 2. The summed E-state index contributed by atoms with van der Waals surface area (Å²) >= 11 is 0. The standard InChI is InChI=1S/C15H23NO2/c1-2-18-14-5-3-13(4-6-14)15(7-10-16)8-11-17-12-9-15/h3-6H,2,7-12,16H2,1H3. The Morgan fingerprint density at radius 1 is 1.22 bits per heavy atom. The summed E-state index contributed by atoms with van der Waals surface area (Å²) in [7, 11) is 0. The topological polar surface area (TPSA) is 44.5 Å². The van der Waals surface area contributed by atoms with Gasteiger partial charge in [-0.25, -0.2) is 0 Å². The fraction of sp³-hybridized carbons (Fsp3) is 0.600. The van der Waals surface area contributed by atoms with Crippen molar-refractivity contribution in [1.82, 2.24) is 0 Å². The molecule has 0 aliphatic carbocycles. The number of nitrogens with two attached hydrogens (primary N) is 1. The molecule has 1 aliphatic rings. The van der Waals surface area contributed by atoms with E-state index in [1.807, 2.05) is 6.92 Å². The van der Waals surface area contributed by atoms with Crippen LogP contribution in [-0.4, -0.2) is 26.4 Å². The van der Waals surface area contributed by atoms with Gasteiger partial charge in [-0.15, -0.1) is 0 Å². The summed E-state index contributed by atoms with van der Waals surface area (Å²) in [5.41, 5.74) is 7.37. The third-order valence-corrected chi connectivity index (χ3v) is 3.85. The highest BCUT2D eigenvalue weighted by Crippen LogP contribution is 2.38. The van der Waals surface area contributed by atoms with Crippen molar-refractivity contribution in [3.05, 3.63) is 29.8 Å². The SMILES string of the molecule is CCOc1ccc(C2(CCN)CCOCC2)cc1. The van der Waals surface area contributed by atoms with Crippen LogP contribution in [0.2, 0.25) is 0 Å². The molecule has 3 heteroatoms. The van der Waals surface area contributed by atoms with Crippen LogP contribution in [0.3, 0.4) is 0 Å². The Morgan fingerprint density at radius 2 is 1.89 bits per heavy atom. The Bertz CT molecular complexity index is 350. The van der Waals surface area contributed by atoms with Gasteiger partial charge in [0.25, 0.3) is 0 Å². The molecule has 100 valence electrons. The van der Waals surface area contributed by atoms with Crippen molar-refractivity contribution in [2.45, 2.75) is 31.6 Å². The summed E-state index contributed by atoms with van der Waals surface area (Å²) in [5.74, 6) is 0.941. The number of rotatable bonds is 5. The zero-order valence-electron chi connectivity index (χ0n) is 11.2. The minimum absolute atomic E-state index is 0.206. The Labute approximate surface area is 109 Å². The Morgan fingerprint density at radius 3 is 2.44 bits per heavy atom. The molecular weight excluding hydrogens is 226 g/mol. The zero-order valence-corrected chi connectivity index (χ0v) is 11.2.